The molecule has 0 bridgehead atoms. The Kier molecular flexibility index (Phi) is 6.06. The zero-order valence-electron chi connectivity index (χ0n) is 13.4. The van der Waals surface area contributed by atoms with Crippen LogP contribution in [0.25, 0.3) is 0 Å². The van der Waals surface area contributed by atoms with Crippen molar-refractivity contribution in [1.82, 2.24) is 10.2 Å². The summed E-state index contributed by atoms with van der Waals surface area (Å²) in [6.45, 7) is 9.32. The third-order valence-corrected chi connectivity index (χ3v) is 4.75. The molecular formula is C18H30N2. The fourth-order valence-electron chi connectivity index (χ4n) is 3.19. The first kappa shape index (κ1) is 15.5. The van der Waals surface area contributed by atoms with Gasteiger partial charge in [0.2, 0.25) is 0 Å². The van der Waals surface area contributed by atoms with E-state index in [9.17, 15) is 0 Å². The lowest BCUT2D eigenvalue weighted by Gasteiger charge is -2.31. The molecule has 1 aromatic carbocycles. The van der Waals surface area contributed by atoms with E-state index >= 15 is 0 Å². The number of hydrogen-bond acceptors (Lipinski definition) is 2. The highest BCUT2D eigenvalue weighted by Gasteiger charge is 2.17. The highest BCUT2D eigenvalue weighted by Crippen LogP contribution is 2.22. The molecular weight excluding hydrogens is 244 g/mol. The third kappa shape index (κ3) is 4.32. The summed E-state index contributed by atoms with van der Waals surface area (Å²) in [5.41, 5.74) is 2.90. The monoisotopic (exact) mass is 274 g/mol. The second-order valence-corrected chi connectivity index (χ2v) is 6.33. The van der Waals surface area contributed by atoms with Crippen LogP contribution < -0.4 is 5.32 Å². The van der Waals surface area contributed by atoms with E-state index in [1.807, 2.05) is 7.05 Å². The maximum atomic E-state index is 3.25. The van der Waals surface area contributed by atoms with Gasteiger partial charge in [-0.25, -0.2) is 0 Å². The van der Waals surface area contributed by atoms with Crippen LogP contribution in [0.5, 0.6) is 0 Å². The molecule has 1 unspecified atom stereocenters. The molecule has 0 spiro atoms. The van der Waals surface area contributed by atoms with Crippen LogP contribution in [0.1, 0.15) is 50.2 Å². The van der Waals surface area contributed by atoms with E-state index in [2.05, 4.69) is 48.3 Å². The molecule has 0 aliphatic carbocycles. The molecule has 20 heavy (non-hydrogen) atoms. The molecule has 0 amide bonds. The van der Waals surface area contributed by atoms with E-state index in [0.717, 1.165) is 19.0 Å². The first-order chi connectivity index (χ1) is 9.72. The zero-order chi connectivity index (χ0) is 14.4. The van der Waals surface area contributed by atoms with Gasteiger partial charge >= 0.3 is 0 Å². The molecule has 1 aromatic rings. The van der Waals surface area contributed by atoms with Crippen LogP contribution in [0.15, 0.2) is 24.3 Å². The SMILES string of the molecule is CCC1CCN(Cc2ccc(C(C)CNC)cc2)CC1. The van der Waals surface area contributed by atoms with E-state index in [1.165, 1.54) is 43.5 Å². The van der Waals surface area contributed by atoms with Crippen molar-refractivity contribution in [2.24, 2.45) is 5.92 Å². The Labute approximate surface area is 124 Å². The molecule has 1 aliphatic rings. The lowest BCUT2D eigenvalue weighted by atomic mass is 9.94. The van der Waals surface area contributed by atoms with Gasteiger partial charge in [-0.15, -0.1) is 0 Å². The van der Waals surface area contributed by atoms with Crippen LogP contribution in [-0.4, -0.2) is 31.6 Å². The van der Waals surface area contributed by atoms with E-state index in [1.54, 1.807) is 0 Å². The molecule has 112 valence electrons. The Morgan fingerprint density at radius 2 is 1.85 bits per heavy atom. The topological polar surface area (TPSA) is 15.3 Å². The number of hydrogen-bond donors (Lipinski definition) is 1. The van der Waals surface area contributed by atoms with Crippen molar-refractivity contribution in [3.8, 4) is 0 Å². The third-order valence-electron chi connectivity index (χ3n) is 4.75. The van der Waals surface area contributed by atoms with Gasteiger partial charge in [-0.1, -0.05) is 44.5 Å². The Morgan fingerprint density at radius 1 is 1.20 bits per heavy atom. The van der Waals surface area contributed by atoms with Crippen LogP contribution in [0, 0.1) is 5.92 Å². The Balaban J connectivity index is 1.85. The van der Waals surface area contributed by atoms with Crippen LogP contribution >= 0.6 is 0 Å². The van der Waals surface area contributed by atoms with Gasteiger partial charge in [-0.2, -0.15) is 0 Å². The fourth-order valence-corrected chi connectivity index (χ4v) is 3.19. The smallest absolute Gasteiger partial charge is 0.0233 e. The molecule has 1 aliphatic heterocycles. The van der Waals surface area contributed by atoms with Crippen molar-refractivity contribution in [2.75, 3.05) is 26.7 Å². The summed E-state index contributed by atoms with van der Waals surface area (Å²) in [4.78, 5) is 2.61. The predicted molar refractivity (Wildman–Crippen MR) is 87.1 cm³/mol. The lowest BCUT2D eigenvalue weighted by molar-refractivity contribution is 0.175. The fraction of sp³-hybridized carbons (Fsp3) is 0.667. The number of benzene rings is 1. The van der Waals surface area contributed by atoms with Crippen LogP contribution in [0.2, 0.25) is 0 Å². The molecule has 2 nitrogen and oxygen atoms in total. The maximum absolute atomic E-state index is 3.25. The van der Waals surface area contributed by atoms with Crippen LogP contribution in [0.3, 0.4) is 0 Å². The summed E-state index contributed by atoms with van der Waals surface area (Å²) in [7, 11) is 2.02. The first-order valence-corrected chi connectivity index (χ1v) is 8.18. The molecule has 0 radical (unpaired) electrons. The molecule has 1 saturated heterocycles. The average Bonchev–Trinajstić information content (AvgIpc) is 2.49. The summed E-state index contributed by atoms with van der Waals surface area (Å²) in [5.74, 6) is 1.56. The van der Waals surface area contributed by atoms with Crippen molar-refractivity contribution < 1.29 is 0 Å². The predicted octanol–water partition coefficient (Wildman–Crippen LogP) is 3.63. The van der Waals surface area contributed by atoms with Crippen molar-refractivity contribution in [3.63, 3.8) is 0 Å². The van der Waals surface area contributed by atoms with Crippen molar-refractivity contribution in [1.29, 1.82) is 0 Å². The summed E-state index contributed by atoms with van der Waals surface area (Å²) < 4.78 is 0. The molecule has 1 fully saturated rings. The number of nitrogens with zero attached hydrogens (tertiary/aromatic N) is 1. The van der Waals surface area contributed by atoms with E-state index in [0.29, 0.717) is 5.92 Å². The number of likely N-dealkylation sites (tertiary alicyclic amines) is 1. The molecule has 1 N–H and O–H groups in total. The molecule has 1 atom stereocenters. The van der Waals surface area contributed by atoms with Crippen LogP contribution in [0.4, 0.5) is 0 Å². The van der Waals surface area contributed by atoms with Crippen molar-refractivity contribution in [2.45, 2.75) is 45.6 Å². The highest BCUT2D eigenvalue weighted by molar-refractivity contribution is 5.25. The van der Waals surface area contributed by atoms with Crippen molar-refractivity contribution in [3.05, 3.63) is 35.4 Å². The summed E-state index contributed by atoms with van der Waals surface area (Å²) in [5, 5.41) is 3.25. The zero-order valence-corrected chi connectivity index (χ0v) is 13.4. The normalized spacial score (nSPS) is 19.1. The molecule has 0 aromatic heterocycles. The average molecular weight is 274 g/mol. The van der Waals surface area contributed by atoms with Crippen LogP contribution in [-0.2, 0) is 6.54 Å². The largest absolute Gasteiger partial charge is 0.319 e. The quantitative estimate of drug-likeness (QED) is 0.852. The van der Waals surface area contributed by atoms with E-state index in [-0.39, 0.29) is 0 Å². The standard InChI is InChI=1S/C18H30N2/c1-4-16-9-11-20(12-10-16)14-17-5-7-18(8-6-17)15(2)13-19-3/h5-8,15-16,19H,4,9-14H2,1-3H3. The van der Waals surface area contributed by atoms with E-state index < -0.39 is 0 Å². The summed E-state index contributed by atoms with van der Waals surface area (Å²) in [6, 6.07) is 9.23. The molecule has 2 heteroatoms. The number of nitrogens with one attached hydrogen (secondary N) is 1. The van der Waals surface area contributed by atoms with Gasteiger partial charge in [-0.05, 0) is 55.9 Å². The minimum Gasteiger partial charge on any atom is -0.319 e. The van der Waals surface area contributed by atoms with Gasteiger partial charge in [0.1, 0.15) is 0 Å². The van der Waals surface area contributed by atoms with Gasteiger partial charge in [0.05, 0.1) is 0 Å². The lowest BCUT2D eigenvalue weighted by Crippen LogP contribution is -2.32. The van der Waals surface area contributed by atoms with Gasteiger partial charge in [0, 0.05) is 13.1 Å². The van der Waals surface area contributed by atoms with Gasteiger partial charge in [0.15, 0.2) is 0 Å². The van der Waals surface area contributed by atoms with Gasteiger partial charge in [0.25, 0.3) is 0 Å². The van der Waals surface area contributed by atoms with Gasteiger partial charge < -0.3 is 5.32 Å². The highest BCUT2D eigenvalue weighted by atomic mass is 15.1. The van der Waals surface area contributed by atoms with Gasteiger partial charge in [-0.3, -0.25) is 4.90 Å². The Bertz CT molecular complexity index is 377. The second-order valence-electron chi connectivity index (χ2n) is 6.33. The number of likely N-dealkylation sites (N-methyl/N-ethyl adjacent to an activating group) is 1. The minimum atomic E-state index is 0.592. The molecule has 2 rings (SSSR count). The molecule has 0 saturated carbocycles. The van der Waals surface area contributed by atoms with E-state index in [4.69, 9.17) is 0 Å². The number of piperidine rings is 1. The number of rotatable bonds is 6. The maximum Gasteiger partial charge on any atom is 0.0233 e. The summed E-state index contributed by atoms with van der Waals surface area (Å²) in [6.07, 6.45) is 4.12. The Hall–Kier alpha value is -0.860. The minimum absolute atomic E-state index is 0.592. The molecule has 1 heterocycles. The second kappa shape index (κ2) is 7.80. The first-order valence-electron chi connectivity index (χ1n) is 8.18. The van der Waals surface area contributed by atoms with Crippen molar-refractivity contribution >= 4 is 0 Å². The summed E-state index contributed by atoms with van der Waals surface area (Å²) >= 11 is 0. The Morgan fingerprint density at radius 3 is 2.40 bits per heavy atom.